The van der Waals surface area contributed by atoms with Crippen molar-refractivity contribution in [2.45, 2.75) is 38.1 Å². The Labute approximate surface area is 119 Å². The maximum atomic E-state index is 5.90. The topological polar surface area (TPSA) is 63.5 Å². The molecule has 1 heterocycles. The van der Waals surface area contributed by atoms with Gasteiger partial charge in [-0.05, 0) is 25.0 Å². The van der Waals surface area contributed by atoms with Gasteiger partial charge in [0.2, 0.25) is 0 Å². The molecule has 1 aromatic carbocycles. The molecular weight excluding hydrogens is 250 g/mol. The molecule has 0 radical (unpaired) electrons. The molecule has 3 N–H and O–H groups in total. The SMILES string of the molecule is NC(=NCCc1cc2ccccc2o1)NC1CCCC1. The van der Waals surface area contributed by atoms with Gasteiger partial charge in [-0.15, -0.1) is 0 Å². The summed E-state index contributed by atoms with van der Waals surface area (Å²) in [6, 6.07) is 10.6. The molecule has 1 saturated carbocycles. The molecule has 2 aromatic rings. The maximum Gasteiger partial charge on any atom is 0.188 e. The largest absolute Gasteiger partial charge is 0.461 e. The highest BCUT2D eigenvalue weighted by Gasteiger charge is 2.14. The zero-order valence-corrected chi connectivity index (χ0v) is 11.6. The van der Waals surface area contributed by atoms with Crippen molar-refractivity contribution in [1.29, 1.82) is 0 Å². The molecule has 0 amide bonds. The Balaban J connectivity index is 1.53. The predicted molar refractivity (Wildman–Crippen MR) is 81.8 cm³/mol. The first kappa shape index (κ1) is 13.0. The Morgan fingerprint density at radius 1 is 1.30 bits per heavy atom. The van der Waals surface area contributed by atoms with E-state index in [1.165, 1.54) is 25.7 Å². The molecule has 20 heavy (non-hydrogen) atoms. The monoisotopic (exact) mass is 271 g/mol. The third kappa shape index (κ3) is 3.13. The van der Waals surface area contributed by atoms with Crippen molar-refractivity contribution in [3.05, 3.63) is 36.1 Å². The summed E-state index contributed by atoms with van der Waals surface area (Å²) in [5.74, 6) is 1.52. The number of para-hydroxylation sites is 1. The normalized spacial score (nSPS) is 16.9. The summed E-state index contributed by atoms with van der Waals surface area (Å²) in [6.07, 6.45) is 5.79. The predicted octanol–water partition coefficient (Wildman–Crippen LogP) is 2.82. The van der Waals surface area contributed by atoms with Gasteiger partial charge < -0.3 is 15.5 Å². The van der Waals surface area contributed by atoms with Crippen molar-refractivity contribution >= 4 is 16.9 Å². The van der Waals surface area contributed by atoms with E-state index >= 15 is 0 Å². The van der Waals surface area contributed by atoms with E-state index in [2.05, 4.69) is 22.4 Å². The van der Waals surface area contributed by atoms with E-state index in [1.807, 2.05) is 18.2 Å². The van der Waals surface area contributed by atoms with E-state index in [4.69, 9.17) is 10.2 Å². The fourth-order valence-electron chi connectivity index (χ4n) is 2.77. The molecule has 0 saturated heterocycles. The van der Waals surface area contributed by atoms with Crippen molar-refractivity contribution in [3.8, 4) is 0 Å². The molecule has 3 rings (SSSR count). The van der Waals surface area contributed by atoms with Crippen molar-refractivity contribution in [2.75, 3.05) is 6.54 Å². The summed E-state index contributed by atoms with van der Waals surface area (Å²) in [6.45, 7) is 0.658. The lowest BCUT2D eigenvalue weighted by Gasteiger charge is -2.11. The van der Waals surface area contributed by atoms with Crippen LogP contribution < -0.4 is 11.1 Å². The Morgan fingerprint density at radius 2 is 2.10 bits per heavy atom. The molecule has 0 aliphatic heterocycles. The lowest BCUT2D eigenvalue weighted by atomic mass is 10.2. The van der Waals surface area contributed by atoms with Gasteiger partial charge in [0.1, 0.15) is 11.3 Å². The van der Waals surface area contributed by atoms with Gasteiger partial charge in [-0.1, -0.05) is 31.0 Å². The summed E-state index contributed by atoms with van der Waals surface area (Å²) in [5, 5.41) is 4.43. The number of hydrogen-bond acceptors (Lipinski definition) is 2. The molecule has 0 atom stereocenters. The molecule has 1 aliphatic rings. The second-order valence-corrected chi connectivity index (χ2v) is 5.39. The smallest absolute Gasteiger partial charge is 0.188 e. The van der Waals surface area contributed by atoms with E-state index in [0.717, 1.165) is 23.2 Å². The number of nitrogens with zero attached hydrogens (tertiary/aromatic N) is 1. The molecule has 1 aromatic heterocycles. The van der Waals surface area contributed by atoms with Crippen LogP contribution >= 0.6 is 0 Å². The maximum absolute atomic E-state index is 5.90. The van der Waals surface area contributed by atoms with E-state index in [0.29, 0.717) is 18.5 Å². The Bertz CT molecular complexity index is 564. The fraction of sp³-hybridized carbons (Fsp3) is 0.438. The van der Waals surface area contributed by atoms with Gasteiger partial charge in [0.15, 0.2) is 5.96 Å². The van der Waals surface area contributed by atoms with Gasteiger partial charge in [-0.3, -0.25) is 4.99 Å². The third-order valence-corrected chi connectivity index (χ3v) is 3.82. The number of fused-ring (bicyclic) bond motifs is 1. The number of guanidine groups is 1. The van der Waals surface area contributed by atoms with Crippen LogP contribution in [-0.4, -0.2) is 18.5 Å². The second kappa shape index (κ2) is 5.99. The molecule has 0 spiro atoms. The van der Waals surface area contributed by atoms with Gasteiger partial charge in [-0.25, -0.2) is 0 Å². The van der Waals surface area contributed by atoms with Gasteiger partial charge in [-0.2, -0.15) is 0 Å². The van der Waals surface area contributed by atoms with Crippen molar-refractivity contribution in [1.82, 2.24) is 5.32 Å². The summed E-state index contributed by atoms with van der Waals surface area (Å²) in [5.41, 5.74) is 6.83. The van der Waals surface area contributed by atoms with Crippen LogP contribution in [-0.2, 0) is 6.42 Å². The number of aliphatic imine (C=N–C) groups is 1. The van der Waals surface area contributed by atoms with E-state index in [1.54, 1.807) is 0 Å². The van der Waals surface area contributed by atoms with Crippen molar-refractivity contribution in [2.24, 2.45) is 10.7 Å². The molecule has 1 aliphatic carbocycles. The Morgan fingerprint density at radius 3 is 2.90 bits per heavy atom. The molecule has 4 nitrogen and oxygen atoms in total. The van der Waals surface area contributed by atoms with Crippen LogP contribution in [0, 0.1) is 0 Å². The van der Waals surface area contributed by atoms with E-state index < -0.39 is 0 Å². The highest BCUT2D eigenvalue weighted by Crippen LogP contribution is 2.19. The van der Waals surface area contributed by atoms with Crippen molar-refractivity contribution < 1.29 is 4.42 Å². The molecule has 106 valence electrons. The number of nitrogens with one attached hydrogen (secondary N) is 1. The van der Waals surface area contributed by atoms with Gasteiger partial charge in [0.05, 0.1) is 0 Å². The molecule has 4 heteroatoms. The number of furan rings is 1. The van der Waals surface area contributed by atoms with Crippen LogP contribution in [0.3, 0.4) is 0 Å². The van der Waals surface area contributed by atoms with Gasteiger partial charge in [0.25, 0.3) is 0 Å². The molecule has 0 unspecified atom stereocenters. The zero-order chi connectivity index (χ0) is 13.8. The number of hydrogen-bond donors (Lipinski definition) is 2. The average Bonchev–Trinajstić information content (AvgIpc) is 3.07. The molecule has 0 bridgehead atoms. The minimum absolute atomic E-state index is 0.518. The summed E-state index contributed by atoms with van der Waals surface area (Å²) in [7, 11) is 0. The highest BCUT2D eigenvalue weighted by atomic mass is 16.3. The molecule has 1 fully saturated rings. The standard InChI is InChI=1S/C16H21N3O/c17-16(19-13-6-2-3-7-13)18-10-9-14-11-12-5-1-4-8-15(12)20-14/h1,4-5,8,11,13H,2-3,6-7,9-10H2,(H3,17,18,19). The minimum Gasteiger partial charge on any atom is -0.461 e. The zero-order valence-electron chi connectivity index (χ0n) is 11.6. The summed E-state index contributed by atoms with van der Waals surface area (Å²) < 4.78 is 5.75. The van der Waals surface area contributed by atoms with Crippen LogP contribution in [0.5, 0.6) is 0 Å². The summed E-state index contributed by atoms with van der Waals surface area (Å²) >= 11 is 0. The van der Waals surface area contributed by atoms with E-state index in [9.17, 15) is 0 Å². The van der Waals surface area contributed by atoms with Crippen LogP contribution in [0.15, 0.2) is 39.7 Å². The summed E-state index contributed by atoms with van der Waals surface area (Å²) in [4.78, 5) is 4.38. The highest BCUT2D eigenvalue weighted by molar-refractivity contribution is 5.78. The number of rotatable bonds is 4. The fourth-order valence-corrected chi connectivity index (χ4v) is 2.77. The minimum atomic E-state index is 0.518. The first-order chi connectivity index (χ1) is 9.81. The first-order valence-corrected chi connectivity index (χ1v) is 7.35. The third-order valence-electron chi connectivity index (χ3n) is 3.82. The number of nitrogens with two attached hydrogens (primary N) is 1. The average molecular weight is 271 g/mol. The lowest BCUT2D eigenvalue weighted by Crippen LogP contribution is -2.38. The molecular formula is C16H21N3O. The van der Waals surface area contributed by atoms with Crippen LogP contribution in [0.25, 0.3) is 11.0 Å². The van der Waals surface area contributed by atoms with Gasteiger partial charge in [0, 0.05) is 24.4 Å². The Kier molecular flexibility index (Phi) is 3.90. The Hall–Kier alpha value is -1.97. The quantitative estimate of drug-likeness (QED) is 0.664. The van der Waals surface area contributed by atoms with E-state index in [-0.39, 0.29) is 0 Å². The van der Waals surface area contributed by atoms with Crippen LogP contribution in [0.1, 0.15) is 31.4 Å². The lowest BCUT2D eigenvalue weighted by molar-refractivity contribution is 0.549. The second-order valence-electron chi connectivity index (χ2n) is 5.39. The van der Waals surface area contributed by atoms with Crippen molar-refractivity contribution in [3.63, 3.8) is 0 Å². The van der Waals surface area contributed by atoms with Crippen LogP contribution in [0.2, 0.25) is 0 Å². The van der Waals surface area contributed by atoms with Gasteiger partial charge >= 0.3 is 0 Å². The first-order valence-electron chi connectivity index (χ1n) is 7.35. The number of benzene rings is 1. The van der Waals surface area contributed by atoms with Crippen LogP contribution in [0.4, 0.5) is 0 Å².